The highest BCUT2D eigenvalue weighted by molar-refractivity contribution is 5.87. The highest BCUT2D eigenvalue weighted by atomic mass is 16.7. The van der Waals surface area contributed by atoms with Crippen molar-refractivity contribution < 1.29 is 58.7 Å². The highest BCUT2D eigenvalue weighted by Gasteiger charge is 2.50. The number of aromatic hydroxyl groups is 1. The number of aliphatic hydroxyl groups is 4. The van der Waals surface area contributed by atoms with Gasteiger partial charge in [-0.3, -0.25) is 0 Å². The smallest absolute Gasteiger partial charge is 0.331 e. The molecule has 5 N–H and O–H groups in total. The van der Waals surface area contributed by atoms with Crippen molar-refractivity contribution in [1.29, 1.82) is 5.26 Å². The van der Waals surface area contributed by atoms with Crippen molar-refractivity contribution in [2.75, 3.05) is 27.9 Å². The second-order valence-corrected chi connectivity index (χ2v) is 8.93. The van der Waals surface area contributed by atoms with E-state index in [4.69, 9.17) is 28.4 Å². The van der Waals surface area contributed by atoms with E-state index in [1.807, 2.05) is 6.07 Å². The Balaban J connectivity index is 1.78. The lowest BCUT2D eigenvalue weighted by Crippen LogP contribution is -2.61. The summed E-state index contributed by atoms with van der Waals surface area (Å²) in [5, 5.41) is 61.0. The van der Waals surface area contributed by atoms with Crippen molar-refractivity contribution >= 4 is 12.0 Å². The van der Waals surface area contributed by atoms with Gasteiger partial charge in [-0.1, -0.05) is 6.07 Å². The third-order valence-electron chi connectivity index (χ3n) is 6.63. The number of nitriles is 1. The maximum Gasteiger partial charge on any atom is 0.331 e. The SMILES string of the molecule is COc1cc(/C=C\C(=O)O[C@@H]2[C@@H](O)[C@H](O[C@@H]3C[C@H](OC)[C@H](OC)[C@@H](O)/C3=C/C#N)O[C@H](CO)[C@H]2O)ccc1O. The molecule has 1 heterocycles. The van der Waals surface area contributed by atoms with E-state index in [2.05, 4.69) is 0 Å². The van der Waals surface area contributed by atoms with Gasteiger partial charge in [0.25, 0.3) is 0 Å². The Bertz CT molecular complexity index is 1090. The van der Waals surface area contributed by atoms with Crippen molar-refractivity contribution in [3.05, 3.63) is 41.5 Å². The fraction of sp³-hybridized carbons (Fsp3) is 0.538. The van der Waals surface area contributed by atoms with Crippen molar-refractivity contribution in [3.63, 3.8) is 0 Å². The van der Waals surface area contributed by atoms with Crippen molar-refractivity contribution in [2.24, 2.45) is 0 Å². The van der Waals surface area contributed by atoms with Crippen LogP contribution in [-0.4, -0.2) is 115 Å². The number of nitrogens with zero attached hydrogens (tertiary/aromatic N) is 1. The standard InChI is InChI=1S/C26H33NO12/c1-34-17-10-13(4-6-15(17)29)5-7-20(30)39-25-22(32)19(12-28)38-26(23(25)33)37-16-11-18(35-2)24(36-3)21(31)14(16)8-9-27/h4-8,10,16,18-19,21-26,28-29,31-33H,11-12H2,1-3H3/b7-5-,14-8+/t16-,18+,19-,21+,22-,23-,24+,25+,26-/m1/s1. The number of phenolic OH excluding ortho intramolecular Hbond substituents is 1. The largest absolute Gasteiger partial charge is 0.504 e. The Morgan fingerprint density at radius 1 is 1.15 bits per heavy atom. The van der Waals surface area contributed by atoms with Gasteiger partial charge < -0.3 is 54.0 Å². The number of rotatable bonds is 9. The van der Waals surface area contributed by atoms with Crippen LogP contribution in [0.5, 0.6) is 11.5 Å². The molecule has 2 aliphatic rings. The molecule has 214 valence electrons. The minimum absolute atomic E-state index is 0.0837. The number of phenols is 1. The Morgan fingerprint density at radius 3 is 2.51 bits per heavy atom. The number of aliphatic hydroxyl groups excluding tert-OH is 4. The van der Waals surface area contributed by atoms with Crippen LogP contribution in [0.2, 0.25) is 0 Å². The van der Waals surface area contributed by atoms with Crippen LogP contribution in [0, 0.1) is 11.3 Å². The fourth-order valence-corrected chi connectivity index (χ4v) is 4.56. The number of ether oxygens (including phenoxy) is 6. The molecule has 2 fully saturated rings. The maximum atomic E-state index is 12.6. The number of allylic oxidation sites excluding steroid dienone is 1. The average molecular weight is 552 g/mol. The van der Waals surface area contributed by atoms with Crippen LogP contribution in [-0.2, 0) is 28.5 Å². The highest BCUT2D eigenvalue weighted by Crippen LogP contribution is 2.34. The van der Waals surface area contributed by atoms with Crippen molar-refractivity contribution in [2.45, 2.75) is 61.5 Å². The predicted molar refractivity (Wildman–Crippen MR) is 132 cm³/mol. The zero-order valence-corrected chi connectivity index (χ0v) is 21.6. The van der Waals surface area contributed by atoms with E-state index in [9.17, 15) is 35.6 Å². The Kier molecular flexibility index (Phi) is 10.8. The second kappa shape index (κ2) is 13.8. The van der Waals surface area contributed by atoms with Gasteiger partial charge in [0.05, 0.1) is 32.0 Å². The van der Waals surface area contributed by atoms with Gasteiger partial charge in [-0.05, 0) is 23.8 Å². The first-order valence-electron chi connectivity index (χ1n) is 12.1. The van der Waals surface area contributed by atoms with Crippen LogP contribution in [0.25, 0.3) is 6.08 Å². The van der Waals surface area contributed by atoms with Gasteiger partial charge in [-0.25, -0.2) is 4.79 Å². The van der Waals surface area contributed by atoms with E-state index in [0.29, 0.717) is 5.56 Å². The van der Waals surface area contributed by atoms with E-state index >= 15 is 0 Å². The molecule has 13 heteroatoms. The summed E-state index contributed by atoms with van der Waals surface area (Å²) in [6.45, 7) is -0.689. The summed E-state index contributed by atoms with van der Waals surface area (Å²) in [6.07, 6.45) is -7.73. The van der Waals surface area contributed by atoms with Crippen molar-refractivity contribution in [3.8, 4) is 17.6 Å². The minimum atomic E-state index is -1.71. The zero-order valence-electron chi connectivity index (χ0n) is 21.6. The van der Waals surface area contributed by atoms with Crippen LogP contribution in [0.1, 0.15) is 12.0 Å². The Hall–Kier alpha value is -3.06. The zero-order chi connectivity index (χ0) is 28.7. The van der Waals surface area contributed by atoms with Gasteiger partial charge in [0.1, 0.15) is 30.5 Å². The molecule has 9 atom stereocenters. The molecule has 1 aromatic carbocycles. The number of esters is 1. The summed E-state index contributed by atoms with van der Waals surface area (Å²) in [6, 6.07) is 6.23. The van der Waals surface area contributed by atoms with Crippen LogP contribution in [0.4, 0.5) is 0 Å². The summed E-state index contributed by atoms with van der Waals surface area (Å²) in [5.74, 6) is -0.820. The Morgan fingerprint density at radius 2 is 1.90 bits per heavy atom. The topological polar surface area (TPSA) is 197 Å². The second-order valence-electron chi connectivity index (χ2n) is 8.93. The molecule has 13 nitrogen and oxygen atoms in total. The number of hydrogen-bond acceptors (Lipinski definition) is 13. The first kappa shape index (κ1) is 30.5. The van der Waals surface area contributed by atoms with Crippen LogP contribution in [0.3, 0.4) is 0 Å². The van der Waals surface area contributed by atoms with Crippen LogP contribution >= 0.6 is 0 Å². The first-order chi connectivity index (χ1) is 18.7. The molecule has 39 heavy (non-hydrogen) atoms. The summed E-state index contributed by atoms with van der Waals surface area (Å²) < 4.78 is 32.5. The number of benzene rings is 1. The number of carbonyl (C=O) groups is 1. The lowest BCUT2D eigenvalue weighted by atomic mass is 9.84. The lowest BCUT2D eigenvalue weighted by molar-refractivity contribution is -0.314. The van der Waals surface area contributed by atoms with Gasteiger partial charge in [0.15, 0.2) is 23.9 Å². The summed E-state index contributed by atoms with van der Waals surface area (Å²) >= 11 is 0. The maximum absolute atomic E-state index is 12.6. The monoisotopic (exact) mass is 551 g/mol. The molecule has 1 aromatic rings. The molecule has 0 bridgehead atoms. The third kappa shape index (κ3) is 6.93. The van der Waals surface area contributed by atoms with E-state index in [0.717, 1.165) is 12.2 Å². The molecule has 1 saturated heterocycles. The number of carbonyl (C=O) groups excluding carboxylic acids is 1. The summed E-state index contributed by atoms with van der Waals surface area (Å²) in [7, 11) is 4.18. The van der Waals surface area contributed by atoms with Gasteiger partial charge in [-0.2, -0.15) is 5.26 Å². The van der Waals surface area contributed by atoms with E-state index in [1.54, 1.807) is 0 Å². The molecule has 1 aliphatic heterocycles. The van der Waals surface area contributed by atoms with Crippen molar-refractivity contribution in [1.82, 2.24) is 0 Å². The predicted octanol–water partition coefficient (Wildman–Crippen LogP) is -0.605. The molecule has 0 amide bonds. The van der Waals surface area contributed by atoms with Gasteiger partial charge >= 0.3 is 5.97 Å². The van der Waals surface area contributed by atoms with E-state index < -0.39 is 67.7 Å². The molecule has 0 unspecified atom stereocenters. The van der Waals surface area contributed by atoms with E-state index in [1.165, 1.54) is 45.6 Å². The molecule has 3 rings (SSSR count). The molecular weight excluding hydrogens is 518 g/mol. The summed E-state index contributed by atoms with van der Waals surface area (Å²) in [5.41, 5.74) is 0.653. The molecule has 0 radical (unpaired) electrons. The van der Waals surface area contributed by atoms with Gasteiger partial charge in [0, 0.05) is 38.4 Å². The van der Waals surface area contributed by atoms with Gasteiger partial charge in [-0.15, -0.1) is 0 Å². The van der Waals surface area contributed by atoms with E-state index in [-0.39, 0.29) is 23.5 Å². The molecular formula is C26H33NO12. The normalized spacial score (nSPS) is 34.1. The molecule has 0 aromatic heterocycles. The molecule has 1 saturated carbocycles. The van der Waals surface area contributed by atoms with Crippen LogP contribution in [0.15, 0.2) is 35.9 Å². The van der Waals surface area contributed by atoms with Crippen LogP contribution < -0.4 is 4.74 Å². The molecule has 0 spiro atoms. The minimum Gasteiger partial charge on any atom is -0.504 e. The fourth-order valence-electron chi connectivity index (χ4n) is 4.56. The number of hydrogen-bond donors (Lipinski definition) is 5. The Labute approximate surface area is 225 Å². The lowest BCUT2D eigenvalue weighted by Gasteiger charge is -2.45. The molecule has 1 aliphatic carbocycles. The van der Waals surface area contributed by atoms with Gasteiger partial charge in [0.2, 0.25) is 0 Å². The third-order valence-corrected chi connectivity index (χ3v) is 6.63. The quantitative estimate of drug-likeness (QED) is 0.148. The average Bonchev–Trinajstić information content (AvgIpc) is 2.93. The summed E-state index contributed by atoms with van der Waals surface area (Å²) in [4.78, 5) is 12.6. The number of methoxy groups -OCH3 is 3. The first-order valence-corrected chi connectivity index (χ1v) is 12.1.